The molecule has 2 nitrogen and oxygen atoms in total. The zero-order valence-electron chi connectivity index (χ0n) is 9.68. The van der Waals surface area contributed by atoms with Gasteiger partial charge in [-0.15, -0.1) is 0 Å². The molecule has 2 N–H and O–H groups in total. The second-order valence-electron chi connectivity index (χ2n) is 4.14. The number of hydrogen-bond acceptors (Lipinski definition) is 1. The average molecular weight is 356 g/mol. The maximum absolute atomic E-state index is 6.16. The number of H-pyrrole nitrogens is 1. The Morgan fingerprint density at radius 2 is 1.84 bits per heavy atom. The van der Waals surface area contributed by atoms with E-state index in [1.165, 1.54) is 0 Å². The Morgan fingerprint density at radius 1 is 1.00 bits per heavy atom. The Kier molecular flexibility index (Phi) is 3.44. The maximum Gasteiger partial charge on any atom is 0.0655 e. The maximum atomic E-state index is 6.16. The SMILES string of the molecule is Clc1ccc(Nc2c[nH]c3ccc(Br)cc23)c(Cl)c1. The van der Waals surface area contributed by atoms with Gasteiger partial charge in [-0.05, 0) is 36.4 Å². The summed E-state index contributed by atoms with van der Waals surface area (Å²) in [6, 6.07) is 11.5. The predicted molar refractivity (Wildman–Crippen MR) is 85.7 cm³/mol. The van der Waals surface area contributed by atoms with Gasteiger partial charge in [0.05, 0.1) is 16.4 Å². The first-order valence-corrected chi connectivity index (χ1v) is 7.17. The van der Waals surface area contributed by atoms with E-state index >= 15 is 0 Å². The molecular weight excluding hydrogens is 347 g/mol. The Morgan fingerprint density at radius 3 is 2.63 bits per heavy atom. The fourth-order valence-electron chi connectivity index (χ4n) is 1.93. The predicted octanol–water partition coefficient (Wildman–Crippen LogP) is 5.98. The highest BCUT2D eigenvalue weighted by Gasteiger charge is 2.07. The van der Waals surface area contributed by atoms with Crippen molar-refractivity contribution in [1.29, 1.82) is 0 Å². The Bertz CT molecular complexity index is 752. The van der Waals surface area contributed by atoms with Crippen molar-refractivity contribution in [3.63, 3.8) is 0 Å². The van der Waals surface area contributed by atoms with Crippen LogP contribution in [0.1, 0.15) is 0 Å². The van der Waals surface area contributed by atoms with Gasteiger partial charge in [0.2, 0.25) is 0 Å². The molecule has 0 radical (unpaired) electrons. The molecule has 0 fully saturated rings. The third-order valence-corrected chi connectivity index (χ3v) is 3.89. The van der Waals surface area contributed by atoms with Gasteiger partial charge in [0.15, 0.2) is 0 Å². The first-order valence-electron chi connectivity index (χ1n) is 5.62. The highest BCUT2D eigenvalue weighted by atomic mass is 79.9. The summed E-state index contributed by atoms with van der Waals surface area (Å²) in [7, 11) is 0. The molecule has 0 amide bonds. The molecule has 96 valence electrons. The van der Waals surface area contributed by atoms with Gasteiger partial charge in [-0.25, -0.2) is 0 Å². The summed E-state index contributed by atoms with van der Waals surface area (Å²) in [6.45, 7) is 0. The smallest absolute Gasteiger partial charge is 0.0655 e. The number of halogens is 3. The van der Waals surface area contributed by atoms with Crippen LogP contribution in [0.3, 0.4) is 0 Å². The van der Waals surface area contributed by atoms with Gasteiger partial charge in [-0.1, -0.05) is 39.1 Å². The van der Waals surface area contributed by atoms with Crippen molar-refractivity contribution in [2.45, 2.75) is 0 Å². The molecule has 2 aromatic carbocycles. The standard InChI is InChI=1S/C14H9BrCl2N2/c15-8-1-3-12-10(5-8)14(7-18-12)19-13-4-2-9(16)6-11(13)17/h1-7,18-19H. The lowest BCUT2D eigenvalue weighted by atomic mass is 10.2. The summed E-state index contributed by atoms with van der Waals surface area (Å²) in [5.41, 5.74) is 2.86. The summed E-state index contributed by atoms with van der Waals surface area (Å²) in [6.07, 6.45) is 1.92. The fraction of sp³-hybridized carbons (Fsp3) is 0. The van der Waals surface area contributed by atoms with E-state index in [-0.39, 0.29) is 0 Å². The summed E-state index contributed by atoms with van der Waals surface area (Å²) in [5.74, 6) is 0. The lowest BCUT2D eigenvalue weighted by molar-refractivity contribution is 1.46. The molecule has 5 heteroatoms. The molecule has 0 aliphatic rings. The Balaban J connectivity index is 2.03. The minimum absolute atomic E-state index is 0.594. The van der Waals surface area contributed by atoms with Crippen LogP contribution in [0, 0.1) is 0 Å². The van der Waals surface area contributed by atoms with Crippen LogP contribution in [0.15, 0.2) is 47.1 Å². The zero-order valence-corrected chi connectivity index (χ0v) is 12.8. The Hall–Kier alpha value is -1.16. The minimum atomic E-state index is 0.594. The molecule has 0 aliphatic heterocycles. The molecule has 3 rings (SSSR count). The van der Waals surface area contributed by atoms with Crippen molar-refractivity contribution >= 4 is 61.4 Å². The molecule has 1 aromatic heterocycles. The van der Waals surface area contributed by atoms with Crippen molar-refractivity contribution < 1.29 is 0 Å². The number of hydrogen-bond donors (Lipinski definition) is 2. The molecule has 0 saturated carbocycles. The lowest BCUT2D eigenvalue weighted by Gasteiger charge is -2.07. The molecule has 0 bridgehead atoms. The summed E-state index contributed by atoms with van der Waals surface area (Å²) >= 11 is 15.5. The topological polar surface area (TPSA) is 27.8 Å². The molecule has 1 heterocycles. The van der Waals surface area contributed by atoms with E-state index in [2.05, 4.69) is 32.3 Å². The average Bonchev–Trinajstić information content (AvgIpc) is 2.75. The van der Waals surface area contributed by atoms with Crippen LogP contribution in [0.4, 0.5) is 11.4 Å². The number of rotatable bonds is 2. The lowest BCUT2D eigenvalue weighted by Crippen LogP contribution is -1.89. The van der Waals surface area contributed by atoms with Crippen molar-refractivity contribution in [2.75, 3.05) is 5.32 Å². The first kappa shape index (κ1) is 12.9. The van der Waals surface area contributed by atoms with Gasteiger partial charge >= 0.3 is 0 Å². The third kappa shape index (κ3) is 2.59. The van der Waals surface area contributed by atoms with Gasteiger partial charge in [0.25, 0.3) is 0 Å². The second kappa shape index (κ2) is 5.08. The van der Waals surface area contributed by atoms with Crippen LogP contribution in [-0.4, -0.2) is 4.98 Å². The molecule has 0 spiro atoms. The quantitative estimate of drug-likeness (QED) is 0.581. The molecule has 19 heavy (non-hydrogen) atoms. The highest BCUT2D eigenvalue weighted by Crippen LogP contribution is 2.32. The zero-order chi connectivity index (χ0) is 13.4. The number of nitrogens with one attached hydrogen (secondary N) is 2. The molecule has 0 saturated heterocycles. The van der Waals surface area contributed by atoms with Crippen LogP contribution in [0.5, 0.6) is 0 Å². The number of fused-ring (bicyclic) bond motifs is 1. The van der Waals surface area contributed by atoms with E-state index in [9.17, 15) is 0 Å². The summed E-state index contributed by atoms with van der Waals surface area (Å²) in [5, 5.41) is 5.62. The van der Waals surface area contributed by atoms with Crippen LogP contribution in [0.2, 0.25) is 10.0 Å². The normalized spacial score (nSPS) is 10.9. The van der Waals surface area contributed by atoms with Gasteiger partial charge < -0.3 is 10.3 Å². The number of aromatic amines is 1. The van der Waals surface area contributed by atoms with Crippen molar-refractivity contribution in [1.82, 2.24) is 4.98 Å². The Labute approximate surface area is 128 Å². The van der Waals surface area contributed by atoms with Crippen molar-refractivity contribution in [2.24, 2.45) is 0 Å². The molecule has 0 atom stereocenters. The molecule has 0 aliphatic carbocycles. The van der Waals surface area contributed by atoms with Gasteiger partial charge in [-0.3, -0.25) is 0 Å². The molecule has 0 unspecified atom stereocenters. The van der Waals surface area contributed by atoms with E-state index in [0.29, 0.717) is 10.0 Å². The fourth-order valence-corrected chi connectivity index (χ4v) is 2.75. The summed E-state index contributed by atoms with van der Waals surface area (Å²) in [4.78, 5) is 3.21. The van der Waals surface area contributed by atoms with Crippen LogP contribution >= 0.6 is 39.1 Å². The third-order valence-electron chi connectivity index (χ3n) is 2.84. The molecule has 3 aromatic rings. The van der Waals surface area contributed by atoms with Gasteiger partial charge in [0, 0.05) is 26.6 Å². The highest BCUT2D eigenvalue weighted by molar-refractivity contribution is 9.10. The number of aromatic nitrogens is 1. The summed E-state index contributed by atoms with van der Waals surface area (Å²) < 4.78 is 1.03. The monoisotopic (exact) mass is 354 g/mol. The van der Waals surface area contributed by atoms with Crippen molar-refractivity contribution in [3.05, 3.63) is 57.1 Å². The van der Waals surface area contributed by atoms with E-state index < -0.39 is 0 Å². The van der Waals surface area contributed by atoms with Gasteiger partial charge in [0.1, 0.15) is 0 Å². The molecular formula is C14H9BrCl2N2. The van der Waals surface area contributed by atoms with E-state index in [0.717, 1.165) is 26.8 Å². The van der Waals surface area contributed by atoms with Crippen molar-refractivity contribution in [3.8, 4) is 0 Å². The number of benzene rings is 2. The van der Waals surface area contributed by atoms with E-state index in [4.69, 9.17) is 23.2 Å². The first-order chi connectivity index (χ1) is 9.13. The van der Waals surface area contributed by atoms with Crippen LogP contribution in [-0.2, 0) is 0 Å². The van der Waals surface area contributed by atoms with E-state index in [1.807, 2.05) is 24.4 Å². The van der Waals surface area contributed by atoms with Gasteiger partial charge in [-0.2, -0.15) is 0 Å². The number of anilines is 2. The van der Waals surface area contributed by atoms with Crippen LogP contribution < -0.4 is 5.32 Å². The minimum Gasteiger partial charge on any atom is -0.359 e. The van der Waals surface area contributed by atoms with Crippen LogP contribution in [0.25, 0.3) is 10.9 Å². The van der Waals surface area contributed by atoms with E-state index in [1.54, 1.807) is 12.1 Å². The largest absolute Gasteiger partial charge is 0.359 e. The second-order valence-corrected chi connectivity index (χ2v) is 5.90.